The molecule has 1 saturated carbocycles. The lowest BCUT2D eigenvalue weighted by Gasteiger charge is -2.33. The molecule has 0 radical (unpaired) electrons. The Morgan fingerprint density at radius 1 is 1.17 bits per heavy atom. The van der Waals surface area contributed by atoms with Crippen LogP contribution in [0.5, 0.6) is 5.75 Å². The Morgan fingerprint density at radius 3 is 2.42 bits per heavy atom. The number of piperidine rings is 1. The summed E-state index contributed by atoms with van der Waals surface area (Å²) in [4.78, 5) is 14.3. The third-order valence-electron chi connectivity index (χ3n) is 5.07. The number of halogens is 2. The van der Waals surface area contributed by atoms with Crippen LogP contribution < -0.4 is 10.5 Å². The van der Waals surface area contributed by atoms with E-state index in [-0.39, 0.29) is 36.3 Å². The second kappa shape index (κ2) is 8.67. The van der Waals surface area contributed by atoms with Gasteiger partial charge in [-0.05, 0) is 43.0 Å². The van der Waals surface area contributed by atoms with E-state index in [2.05, 4.69) is 0 Å². The number of nitrogens with zero attached hydrogens (tertiary/aromatic N) is 1. The number of amides is 1. The largest absolute Gasteiger partial charge is 0.490 e. The Bertz CT molecular complexity index is 532. The summed E-state index contributed by atoms with van der Waals surface area (Å²) in [5, 5.41) is 0. The molecule has 2 aliphatic rings. The Balaban J connectivity index is 0.00000208. The first-order valence-corrected chi connectivity index (χ1v) is 8.57. The van der Waals surface area contributed by atoms with Crippen LogP contribution in [0.15, 0.2) is 24.3 Å². The first-order chi connectivity index (χ1) is 11.1. The van der Waals surface area contributed by atoms with Crippen molar-refractivity contribution in [2.75, 3.05) is 13.1 Å². The number of carbonyl (C=O) groups is 1. The van der Waals surface area contributed by atoms with Crippen molar-refractivity contribution in [2.24, 2.45) is 11.7 Å². The van der Waals surface area contributed by atoms with Crippen molar-refractivity contribution >= 4 is 18.3 Å². The van der Waals surface area contributed by atoms with Crippen LogP contribution in [0.1, 0.15) is 38.5 Å². The van der Waals surface area contributed by atoms with Crippen molar-refractivity contribution in [3.05, 3.63) is 30.1 Å². The number of ether oxygens (including phenoxy) is 1. The van der Waals surface area contributed by atoms with Gasteiger partial charge in [0.1, 0.15) is 17.7 Å². The number of hydrogen-bond donors (Lipinski definition) is 1. The van der Waals surface area contributed by atoms with Gasteiger partial charge in [-0.15, -0.1) is 12.4 Å². The van der Waals surface area contributed by atoms with Crippen LogP contribution in [0, 0.1) is 11.7 Å². The Kier molecular flexibility index (Phi) is 6.87. The van der Waals surface area contributed by atoms with E-state index in [0.29, 0.717) is 18.1 Å². The van der Waals surface area contributed by atoms with E-state index in [1.807, 2.05) is 4.90 Å². The fraction of sp³-hybridized carbons (Fsp3) is 0.611. The van der Waals surface area contributed by atoms with E-state index >= 15 is 0 Å². The summed E-state index contributed by atoms with van der Waals surface area (Å²) in [6.45, 7) is 1.46. The first kappa shape index (κ1) is 19.0. The summed E-state index contributed by atoms with van der Waals surface area (Å²) < 4.78 is 18.8. The molecule has 6 heteroatoms. The zero-order valence-electron chi connectivity index (χ0n) is 13.8. The van der Waals surface area contributed by atoms with Crippen molar-refractivity contribution in [1.82, 2.24) is 4.90 Å². The normalized spacial score (nSPS) is 24.5. The van der Waals surface area contributed by atoms with Crippen molar-refractivity contribution in [1.29, 1.82) is 0 Å². The topological polar surface area (TPSA) is 55.6 Å². The highest BCUT2D eigenvalue weighted by molar-refractivity contribution is 5.85. The van der Waals surface area contributed by atoms with Crippen molar-refractivity contribution < 1.29 is 13.9 Å². The summed E-state index contributed by atoms with van der Waals surface area (Å²) in [6, 6.07) is 6.29. The molecule has 0 aromatic heterocycles. The van der Waals surface area contributed by atoms with Crippen LogP contribution in [-0.2, 0) is 4.79 Å². The summed E-state index contributed by atoms with van der Waals surface area (Å²) >= 11 is 0. The number of rotatable bonds is 4. The van der Waals surface area contributed by atoms with E-state index in [1.54, 1.807) is 12.1 Å². The molecule has 4 nitrogen and oxygen atoms in total. The SMILES string of the molecule is Cl.N[C@@H]1CCC[C@H]1CC(=O)N1CCC(Oc2ccc(F)cc2)CC1. The second-order valence-corrected chi connectivity index (χ2v) is 6.71. The Hall–Kier alpha value is -1.33. The quantitative estimate of drug-likeness (QED) is 0.901. The monoisotopic (exact) mass is 356 g/mol. The van der Waals surface area contributed by atoms with Gasteiger partial charge in [0.15, 0.2) is 0 Å². The molecule has 0 unspecified atom stereocenters. The zero-order valence-corrected chi connectivity index (χ0v) is 14.6. The fourth-order valence-electron chi connectivity index (χ4n) is 3.60. The highest BCUT2D eigenvalue weighted by Gasteiger charge is 2.30. The molecule has 2 fully saturated rings. The summed E-state index contributed by atoms with van der Waals surface area (Å²) in [6.07, 6.45) is 5.60. The molecule has 1 amide bonds. The summed E-state index contributed by atoms with van der Waals surface area (Å²) in [5.41, 5.74) is 6.06. The van der Waals surface area contributed by atoms with Gasteiger partial charge in [-0.2, -0.15) is 0 Å². The molecule has 1 heterocycles. The molecule has 24 heavy (non-hydrogen) atoms. The molecule has 0 bridgehead atoms. The van der Waals surface area contributed by atoms with Gasteiger partial charge < -0.3 is 15.4 Å². The molecule has 1 aliphatic heterocycles. The van der Waals surface area contributed by atoms with Gasteiger partial charge in [0.2, 0.25) is 5.91 Å². The van der Waals surface area contributed by atoms with Crippen molar-refractivity contribution in [3.8, 4) is 5.75 Å². The first-order valence-electron chi connectivity index (χ1n) is 8.57. The van der Waals surface area contributed by atoms with E-state index in [0.717, 1.165) is 45.2 Å². The minimum absolute atomic E-state index is 0. The van der Waals surface area contributed by atoms with Crippen LogP contribution in [0.4, 0.5) is 4.39 Å². The lowest BCUT2D eigenvalue weighted by molar-refractivity contribution is -0.134. The van der Waals surface area contributed by atoms with Gasteiger partial charge in [-0.25, -0.2) is 4.39 Å². The molecule has 2 N–H and O–H groups in total. The van der Waals surface area contributed by atoms with E-state index < -0.39 is 0 Å². The zero-order chi connectivity index (χ0) is 16.2. The van der Waals surface area contributed by atoms with Gasteiger partial charge in [0, 0.05) is 38.4 Å². The molecular formula is C18H26ClFN2O2. The third-order valence-corrected chi connectivity index (χ3v) is 5.07. The smallest absolute Gasteiger partial charge is 0.222 e. The van der Waals surface area contributed by atoms with Gasteiger partial charge in [-0.3, -0.25) is 4.79 Å². The molecule has 0 spiro atoms. The Labute approximate surface area is 148 Å². The van der Waals surface area contributed by atoms with E-state index in [9.17, 15) is 9.18 Å². The van der Waals surface area contributed by atoms with Gasteiger partial charge >= 0.3 is 0 Å². The fourth-order valence-corrected chi connectivity index (χ4v) is 3.60. The third kappa shape index (κ3) is 4.84. The number of carbonyl (C=O) groups excluding carboxylic acids is 1. The van der Waals surface area contributed by atoms with Crippen LogP contribution in [-0.4, -0.2) is 36.0 Å². The number of benzene rings is 1. The minimum Gasteiger partial charge on any atom is -0.490 e. The van der Waals surface area contributed by atoms with Crippen molar-refractivity contribution in [3.63, 3.8) is 0 Å². The molecule has 1 saturated heterocycles. The van der Waals surface area contributed by atoms with Crippen LogP contribution >= 0.6 is 12.4 Å². The average Bonchev–Trinajstić information content (AvgIpc) is 2.95. The highest BCUT2D eigenvalue weighted by Crippen LogP contribution is 2.28. The molecule has 1 aliphatic carbocycles. The maximum absolute atomic E-state index is 12.9. The lowest BCUT2D eigenvalue weighted by Crippen LogP contribution is -2.43. The standard InChI is InChI=1S/C18H25FN2O2.ClH/c19-14-4-6-15(7-5-14)23-16-8-10-21(11-9-16)18(22)12-13-2-1-3-17(13)20;/h4-7,13,16-17H,1-3,8-12,20H2;1H/t13-,17+;/m0./s1. The average molecular weight is 357 g/mol. The molecule has 1 aromatic rings. The predicted molar refractivity (Wildman–Crippen MR) is 93.8 cm³/mol. The second-order valence-electron chi connectivity index (χ2n) is 6.71. The molecule has 1 aromatic carbocycles. The number of likely N-dealkylation sites (tertiary alicyclic amines) is 1. The van der Waals surface area contributed by atoms with Gasteiger partial charge in [0.25, 0.3) is 0 Å². The molecule has 134 valence electrons. The van der Waals surface area contributed by atoms with E-state index in [4.69, 9.17) is 10.5 Å². The van der Waals surface area contributed by atoms with Gasteiger partial charge in [0.05, 0.1) is 0 Å². The Morgan fingerprint density at radius 2 is 1.83 bits per heavy atom. The highest BCUT2D eigenvalue weighted by atomic mass is 35.5. The molecular weight excluding hydrogens is 331 g/mol. The predicted octanol–water partition coefficient (Wildman–Crippen LogP) is 3.13. The number of hydrogen-bond acceptors (Lipinski definition) is 3. The summed E-state index contributed by atoms with van der Waals surface area (Å²) in [7, 11) is 0. The van der Waals surface area contributed by atoms with Crippen LogP contribution in [0.3, 0.4) is 0 Å². The van der Waals surface area contributed by atoms with Crippen LogP contribution in [0.2, 0.25) is 0 Å². The lowest BCUT2D eigenvalue weighted by atomic mass is 9.98. The summed E-state index contributed by atoms with van der Waals surface area (Å²) in [5.74, 6) is 1.01. The number of nitrogens with two attached hydrogens (primary N) is 1. The van der Waals surface area contributed by atoms with Crippen molar-refractivity contribution in [2.45, 2.75) is 50.7 Å². The van der Waals surface area contributed by atoms with Gasteiger partial charge in [-0.1, -0.05) is 6.42 Å². The van der Waals surface area contributed by atoms with Crippen LogP contribution in [0.25, 0.3) is 0 Å². The van der Waals surface area contributed by atoms with E-state index in [1.165, 1.54) is 12.1 Å². The minimum atomic E-state index is -0.261. The molecule has 2 atom stereocenters. The molecule has 3 rings (SSSR count). The maximum atomic E-state index is 12.9. The maximum Gasteiger partial charge on any atom is 0.222 e.